The van der Waals surface area contributed by atoms with Crippen LogP contribution in [0, 0.1) is 0 Å². The maximum Gasteiger partial charge on any atom is 0.406 e. The molecule has 2 N–H and O–H groups in total. The van der Waals surface area contributed by atoms with Crippen LogP contribution in [0.25, 0.3) is 0 Å². The molecule has 0 bridgehead atoms. The van der Waals surface area contributed by atoms with Crippen molar-refractivity contribution < 1.29 is 13.2 Å². The third-order valence-corrected chi connectivity index (χ3v) is 3.80. The van der Waals surface area contributed by atoms with Crippen molar-refractivity contribution >= 4 is 5.69 Å². The van der Waals surface area contributed by atoms with E-state index in [1.165, 1.54) is 5.56 Å². The lowest BCUT2D eigenvalue weighted by molar-refractivity contribution is -0.166. The zero-order valence-electron chi connectivity index (χ0n) is 9.90. The minimum Gasteiger partial charge on any atom is -0.384 e. The van der Waals surface area contributed by atoms with Crippen LogP contribution < -0.4 is 10.6 Å². The predicted molar refractivity (Wildman–Crippen MR) is 63.5 cm³/mol. The normalized spacial score (nSPS) is 20.4. The number of hydrogen-bond acceptors (Lipinski definition) is 2. The zero-order valence-corrected chi connectivity index (χ0v) is 9.90. The average molecular weight is 256 g/mol. The Morgan fingerprint density at radius 2 is 2.06 bits per heavy atom. The summed E-state index contributed by atoms with van der Waals surface area (Å²) in [6, 6.07) is 5.83. The van der Waals surface area contributed by atoms with E-state index < -0.39 is 11.7 Å². The molecule has 2 nitrogen and oxygen atoms in total. The third kappa shape index (κ3) is 1.96. The smallest absolute Gasteiger partial charge is 0.384 e. The highest BCUT2D eigenvalue weighted by Crippen LogP contribution is 2.49. The van der Waals surface area contributed by atoms with Gasteiger partial charge in [0, 0.05) is 18.8 Å². The maximum atomic E-state index is 12.7. The van der Waals surface area contributed by atoms with E-state index in [0.29, 0.717) is 0 Å². The van der Waals surface area contributed by atoms with E-state index in [1.54, 1.807) is 0 Å². The summed E-state index contributed by atoms with van der Waals surface area (Å²) < 4.78 is 38.2. The fourth-order valence-corrected chi connectivity index (χ4v) is 2.42. The van der Waals surface area contributed by atoms with Crippen molar-refractivity contribution in [1.29, 1.82) is 0 Å². The summed E-state index contributed by atoms with van der Waals surface area (Å²) in [5.74, 6) is 0. The monoisotopic (exact) mass is 256 g/mol. The summed E-state index contributed by atoms with van der Waals surface area (Å²) in [7, 11) is 0. The van der Waals surface area contributed by atoms with E-state index in [-0.39, 0.29) is 19.4 Å². The lowest BCUT2D eigenvalue weighted by Crippen LogP contribution is -2.44. The molecule has 0 saturated heterocycles. The molecular formula is C13H15F3N2. The first-order valence-corrected chi connectivity index (χ1v) is 6.18. The van der Waals surface area contributed by atoms with E-state index in [4.69, 9.17) is 0 Å². The highest BCUT2D eigenvalue weighted by molar-refractivity contribution is 5.56. The highest BCUT2D eigenvalue weighted by atomic mass is 19.4. The van der Waals surface area contributed by atoms with Gasteiger partial charge in [-0.25, -0.2) is 0 Å². The lowest BCUT2D eigenvalue weighted by Gasteiger charge is -2.20. The van der Waals surface area contributed by atoms with E-state index >= 15 is 0 Å². The van der Waals surface area contributed by atoms with Gasteiger partial charge in [-0.3, -0.25) is 5.32 Å². The van der Waals surface area contributed by atoms with Crippen LogP contribution in [0.2, 0.25) is 0 Å². The summed E-state index contributed by atoms with van der Waals surface area (Å²) in [4.78, 5) is 0. The summed E-state index contributed by atoms with van der Waals surface area (Å²) in [5.41, 5.74) is 1.61. The van der Waals surface area contributed by atoms with Gasteiger partial charge >= 0.3 is 6.18 Å². The van der Waals surface area contributed by atoms with Crippen LogP contribution in [0.3, 0.4) is 0 Å². The SMILES string of the molecule is FC(F)(F)C1(NCc2ccc3c(c2)CCN3)CC1. The fourth-order valence-electron chi connectivity index (χ4n) is 2.42. The molecule has 0 aromatic heterocycles. The Morgan fingerprint density at radius 3 is 2.72 bits per heavy atom. The number of nitrogens with one attached hydrogen (secondary N) is 2. The Morgan fingerprint density at radius 1 is 1.28 bits per heavy atom. The molecule has 0 unspecified atom stereocenters. The van der Waals surface area contributed by atoms with Crippen molar-refractivity contribution in [1.82, 2.24) is 5.32 Å². The number of benzene rings is 1. The minimum atomic E-state index is -4.13. The van der Waals surface area contributed by atoms with Crippen molar-refractivity contribution in [2.45, 2.75) is 37.5 Å². The number of rotatable bonds is 3. The molecule has 0 radical (unpaired) electrons. The largest absolute Gasteiger partial charge is 0.406 e. The van der Waals surface area contributed by atoms with Gasteiger partial charge in [0.25, 0.3) is 0 Å². The Kier molecular flexibility index (Phi) is 2.55. The molecule has 98 valence electrons. The van der Waals surface area contributed by atoms with Crippen molar-refractivity contribution in [3.63, 3.8) is 0 Å². The molecule has 0 amide bonds. The fraction of sp³-hybridized carbons (Fsp3) is 0.538. The van der Waals surface area contributed by atoms with Crippen LogP contribution >= 0.6 is 0 Å². The molecule has 1 heterocycles. The molecule has 1 aliphatic carbocycles. The first kappa shape index (κ1) is 11.8. The zero-order chi connectivity index (χ0) is 12.8. The second kappa shape index (κ2) is 3.88. The van der Waals surface area contributed by atoms with Gasteiger partial charge in [0.15, 0.2) is 0 Å². The van der Waals surface area contributed by atoms with E-state index in [9.17, 15) is 13.2 Å². The van der Waals surface area contributed by atoms with Crippen molar-refractivity contribution in [3.05, 3.63) is 29.3 Å². The topological polar surface area (TPSA) is 24.1 Å². The maximum absolute atomic E-state index is 12.7. The summed E-state index contributed by atoms with van der Waals surface area (Å²) in [6.45, 7) is 1.20. The first-order valence-electron chi connectivity index (χ1n) is 6.18. The molecule has 1 fully saturated rings. The van der Waals surface area contributed by atoms with Gasteiger partial charge < -0.3 is 5.32 Å². The van der Waals surface area contributed by atoms with Crippen molar-refractivity contribution in [2.24, 2.45) is 0 Å². The Hall–Kier alpha value is -1.23. The van der Waals surface area contributed by atoms with Gasteiger partial charge in [-0.15, -0.1) is 0 Å². The van der Waals surface area contributed by atoms with Gasteiger partial charge in [-0.1, -0.05) is 12.1 Å². The number of halogens is 3. The number of fused-ring (bicyclic) bond motifs is 1. The third-order valence-electron chi connectivity index (χ3n) is 3.80. The van der Waals surface area contributed by atoms with Crippen LogP contribution in [0.15, 0.2) is 18.2 Å². The summed E-state index contributed by atoms with van der Waals surface area (Å²) in [5, 5.41) is 5.91. The van der Waals surface area contributed by atoms with Gasteiger partial charge in [0.1, 0.15) is 5.54 Å². The van der Waals surface area contributed by atoms with Gasteiger partial charge in [0.2, 0.25) is 0 Å². The molecule has 1 aromatic rings. The van der Waals surface area contributed by atoms with E-state index in [0.717, 1.165) is 24.2 Å². The Bertz CT molecular complexity index is 464. The summed E-state index contributed by atoms with van der Waals surface area (Å²) in [6.07, 6.45) is -2.79. The van der Waals surface area contributed by atoms with Gasteiger partial charge in [0.05, 0.1) is 0 Å². The van der Waals surface area contributed by atoms with Crippen molar-refractivity contribution in [2.75, 3.05) is 11.9 Å². The molecule has 0 atom stereocenters. The molecule has 1 saturated carbocycles. The average Bonchev–Trinajstić information content (AvgIpc) is 2.98. The number of alkyl halides is 3. The first-order chi connectivity index (χ1) is 8.50. The Labute approximate surface area is 104 Å². The predicted octanol–water partition coefficient (Wildman–Crippen LogP) is 2.84. The minimum absolute atomic E-state index is 0.197. The van der Waals surface area contributed by atoms with Crippen LogP contribution in [-0.2, 0) is 13.0 Å². The van der Waals surface area contributed by atoms with Gasteiger partial charge in [-0.2, -0.15) is 13.2 Å². The van der Waals surface area contributed by atoms with Gasteiger partial charge in [-0.05, 0) is 36.5 Å². The van der Waals surface area contributed by atoms with Crippen LogP contribution in [0.4, 0.5) is 18.9 Å². The molecule has 0 spiro atoms. The molecular weight excluding hydrogens is 241 g/mol. The second-order valence-corrected chi connectivity index (χ2v) is 5.10. The van der Waals surface area contributed by atoms with Crippen molar-refractivity contribution in [3.8, 4) is 0 Å². The Balaban J connectivity index is 1.68. The molecule has 5 heteroatoms. The standard InChI is InChI=1S/C13H15F3N2/c14-13(15,16)12(4-5-12)18-8-9-1-2-11-10(7-9)3-6-17-11/h1-2,7,17-18H,3-6,8H2. The van der Waals surface area contributed by atoms with E-state index in [2.05, 4.69) is 10.6 Å². The van der Waals surface area contributed by atoms with Crippen LogP contribution in [0.1, 0.15) is 24.0 Å². The van der Waals surface area contributed by atoms with E-state index in [1.807, 2.05) is 18.2 Å². The molecule has 18 heavy (non-hydrogen) atoms. The quantitative estimate of drug-likeness (QED) is 0.869. The molecule has 2 aliphatic rings. The lowest BCUT2D eigenvalue weighted by atomic mass is 10.1. The molecule has 1 aliphatic heterocycles. The molecule has 3 rings (SSSR count). The highest BCUT2D eigenvalue weighted by Gasteiger charge is 2.62. The summed E-state index contributed by atoms with van der Waals surface area (Å²) >= 11 is 0. The van der Waals surface area contributed by atoms with Crippen LogP contribution in [-0.4, -0.2) is 18.3 Å². The second-order valence-electron chi connectivity index (χ2n) is 5.10. The van der Waals surface area contributed by atoms with Crippen LogP contribution in [0.5, 0.6) is 0 Å². The number of anilines is 1. The number of hydrogen-bond donors (Lipinski definition) is 2. The molecule has 1 aromatic carbocycles.